The van der Waals surface area contributed by atoms with Gasteiger partial charge in [0.1, 0.15) is 0 Å². The van der Waals surface area contributed by atoms with Crippen LogP contribution in [0, 0.1) is 5.92 Å². The smallest absolute Gasteiger partial charge is 0.185 e. The molecule has 2 aliphatic rings. The van der Waals surface area contributed by atoms with Gasteiger partial charge in [-0.25, -0.2) is 0 Å². The summed E-state index contributed by atoms with van der Waals surface area (Å²) in [7, 11) is 0. The van der Waals surface area contributed by atoms with Crippen LogP contribution < -0.4 is 5.73 Å². The number of aliphatic hydroxyl groups excluding tert-OH is 2. The third-order valence-corrected chi connectivity index (χ3v) is 5.99. The first-order valence-electron chi connectivity index (χ1n) is 10.3. The van der Waals surface area contributed by atoms with Crippen LogP contribution in [0.15, 0.2) is 48.5 Å². The van der Waals surface area contributed by atoms with E-state index in [9.17, 15) is 10.2 Å². The third kappa shape index (κ3) is 4.63. The molecule has 5 atom stereocenters. The zero-order chi connectivity index (χ0) is 20.4. The monoisotopic (exact) mass is 398 g/mol. The van der Waals surface area contributed by atoms with Gasteiger partial charge in [-0.3, -0.25) is 4.90 Å². The van der Waals surface area contributed by atoms with E-state index in [1.54, 1.807) is 0 Å². The van der Waals surface area contributed by atoms with E-state index in [1.807, 2.05) is 48.5 Å². The molecule has 0 spiro atoms. The van der Waals surface area contributed by atoms with Crippen molar-refractivity contribution in [3.05, 3.63) is 65.2 Å². The minimum absolute atomic E-state index is 0.0241. The Balaban J connectivity index is 1.59. The van der Waals surface area contributed by atoms with Crippen molar-refractivity contribution in [2.75, 3.05) is 25.4 Å². The summed E-state index contributed by atoms with van der Waals surface area (Å²) in [4.78, 5) is 2.26. The molecule has 2 aromatic carbocycles. The molecule has 29 heavy (non-hydrogen) atoms. The highest BCUT2D eigenvalue weighted by Gasteiger charge is 2.39. The molecule has 0 aliphatic carbocycles. The van der Waals surface area contributed by atoms with Crippen LogP contribution >= 0.6 is 0 Å². The molecular weight excluding hydrogens is 368 g/mol. The normalized spacial score (nSPS) is 30.5. The molecule has 6 heteroatoms. The Morgan fingerprint density at radius 2 is 1.90 bits per heavy atom. The quantitative estimate of drug-likeness (QED) is 0.671. The van der Waals surface area contributed by atoms with Crippen LogP contribution in [0.2, 0.25) is 0 Å². The van der Waals surface area contributed by atoms with E-state index in [0.717, 1.165) is 36.2 Å². The van der Waals surface area contributed by atoms with Crippen LogP contribution in [-0.2, 0) is 16.1 Å². The number of hydrogen-bond acceptors (Lipinski definition) is 6. The summed E-state index contributed by atoms with van der Waals surface area (Å²) in [5.41, 5.74) is 9.51. The number of benzene rings is 2. The first-order valence-corrected chi connectivity index (χ1v) is 10.3. The number of β-amino-alcohol motifs (C(OH)–C–C–N with tert-alkyl or cyclic N) is 1. The van der Waals surface area contributed by atoms with Crippen molar-refractivity contribution in [2.45, 2.75) is 44.6 Å². The molecule has 2 heterocycles. The predicted octanol–water partition coefficient (Wildman–Crippen LogP) is 2.62. The number of ether oxygens (including phenoxy) is 2. The average Bonchev–Trinajstić information content (AvgIpc) is 3.14. The second kappa shape index (κ2) is 8.81. The molecular formula is C23H30N2O4. The molecule has 4 N–H and O–H groups in total. The van der Waals surface area contributed by atoms with Gasteiger partial charge in [-0.15, -0.1) is 0 Å². The van der Waals surface area contributed by atoms with Gasteiger partial charge in [0.15, 0.2) is 6.29 Å². The Labute approximate surface area is 171 Å². The minimum atomic E-state index is -0.505. The van der Waals surface area contributed by atoms with Crippen molar-refractivity contribution in [2.24, 2.45) is 5.92 Å². The summed E-state index contributed by atoms with van der Waals surface area (Å²) in [5.74, 6) is 0.130. The molecule has 0 amide bonds. The summed E-state index contributed by atoms with van der Waals surface area (Å²) < 4.78 is 12.8. The zero-order valence-electron chi connectivity index (χ0n) is 16.8. The molecule has 2 aromatic rings. The second-order valence-electron chi connectivity index (χ2n) is 8.19. The molecule has 2 saturated heterocycles. The van der Waals surface area contributed by atoms with Gasteiger partial charge >= 0.3 is 0 Å². The first-order chi connectivity index (χ1) is 14.0. The minimum Gasteiger partial charge on any atom is -0.399 e. The van der Waals surface area contributed by atoms with Crippen LogP contribution in [0.3, 0.4) is 0 Å². The van der Waals surface area contributed by atoms with Crippen LogP contribution in [0.1, 0.15) is 42.4 Å². The molecule has 2 fully saturated rings. The Bertz CT molecular complexity index is 813. The number of aliphatic hydroxyl groups is 2. The van der Waals surface area contributed by atoms with Gasteiger partial charge in [-0.1, -0.05) is 43.3 Å². The summed E-state index contributed by atoms with van der Waals surface area (Å²) in [6.45, 7) is 4.50. The van der Waals surface area contributed by atoms with Crippen molar-refractivity contribution in [1.29, 1.82) is 0 Å². The number of rotatable bonds is 5. The van der Waals surface area contributed by atoms with E-state index in [4.69, 9.17) is 15.2 Å². The largest absolute Gasteiger partial charge is 0.399 e. The highest BCUT2D eigenvalue weighted by molar-refractivity contribution is 5.41. The molecule has 156 valence electrons. The van der Waals surface area contributed by atoms with Crippen molar-refractivity contribution in [3.8, 4) is 0 Å². The lowest BCUT2D eigenvalue weighted by atomic mass is 9.90. The summed E-state index contributed by atoms with van der Waals surface area (Å²) in [6, 6.07) is 15.5. The fourth-order valence-corrected chi connectivity index (χ4v) is 4.27. The second-order valence-corrected chi connectivity index (χ2v) is 8.19. The highest BCUT2D eigenvalue weighted by Crippen LogP contribution is 2.42. The van der Waals surface area contributed by atoms with Crippen LogP contribution in [0.25, 0.3) is 0 Å². The molecule has 0 saturated carbocycles. The summed E-state index contributed by atoms with van der Waals surface area (Å²) >= 11 is 0. The maximum absolute atomic E-state index is 9.89. The number of nitrogens with zero attached hydrogens (tertiary/aromatic N) is 1. The molecule has 0 unspecified atom stereocenters. The van der Waals surface area contributed by atoms with Gasteiger partial charge in [0.2, 0.25) is 0 Å². The van der Waals surface area contributed by atoms with Crippen molar-refractivity contribution in [1.82, 2.24) is 4.90 Å². The number of likely N-dealkylation sites (tertiary alicyclic amines) is 1. The summed E-state index contributed by atoms with van der Waals surface area (Å²) in [6.07, 6.45) is -0.127. The van der Waals surface area contributed by atoms with Gasteiger partial charge in [-0.2, -0.15) is 0 Å². The van der Waals surface area contributed by atoms with E-state index in [2.05, 4.69) is 11.8 Å². The fourth-order valence-electron chi connectivity index (χ4n) is 4.27. The third-order valence-electron chi connectivity index (χ3n) is 5.99. The number of hydrogen-bond donors (Lipinski definition) is 3. The topological polar surface area (TPSA) is 88.2 Å². The van der Waals surface area contributed by atoms with Crippen LogP contribution in [0.5, 0.6) is 0 Å². The van der Waals surface area contributed by atoms with E-state index >= 15 is 0 Å². The fraction of sp³-hybridized carbons (Fsp3) is 0.478. The van der Waals surface area contributed by atoms with E-state index in [-0.39, 0.29) is 30.8 Å². The van der Waals surface area contributed by atoms with Gasteiger partial charge in [-0.05, 0) is 29.7 Å². The molecule has 0 radical (unpaired) electrons. The maximum Gasteiger partial charge on any atom is 0.185 e. The Hall–Kier alpha value is -1.96. The first kappa shape index (κ1) is 20.3. The standard InChI is InChI=1S/C23H30N2O4/c1-15-21(13-25-10-9-20(27)12-25)28-23(18-3-2-4-19(24)11-18)29-22(15)17-7-5-16(14-26)6-8-17/h2-8,11,15,20-23,26-27H,9-10,12-14,24H2,1H3/t15-,20-,21+,22+,23+/m0/s1. The van der Waals surface area contributed by atoms with Gasteiger partial charge in [0.25, 0.3) is 0 Å². The number of anilines is 1. The lowest BCUT2D eigenvalue weighted by molar-refractivity contribution is -0.276. The molecule has 2 aliphatic heterocycles. The number of nitrogens with two attached hydrogens (primary N) is 1. The van der Waals surface area contributed by atoms with Crippen molar-refractivity contribution in [3.63, 3.8) is 0 Å². The van der Waals surface area contributed by atoms with Gasteiger partial charge < -0.3 is 25.4 Å². The van der Waals surface area contributed by atoms with Crippen molar-refractivity contribution < 1.29 is 19.7 Å². The maximum atomic E-state index is 9.89. The predicted molar refractivity (Wildman–Crippen MR) is 111 cm³/mol. The van der Waals surface area contributed by atoms with Crippen LogP contribution in [-0.4, -0.2) is 47.0 Å². The van der Waals surface area contributed by atoms with Gasteiger partial charge in [0, 0.05) is 36.8 Å². The van der Waals surface area contributed by atoms with E-state index < -0.39 is 6.29 Å². The average molecular weight is 399 g/mol. The number of nitrogen functional groups attached to an aromatic ring is 1. The van der Waals surface area contributed by atoms with Gasteiger partial charge in [0.05, 0.1) is 24.9 Å². The highest BCUT2D eigenvalue weighted by atomic mass is 16.7. The van der Waals surface area contributed by atoms with Crippen molar-refractivity contribution >= 4 is 5.69 Å². The lowest BCUT2D eigenvalue weighted by Gasteiger charge is -2.42. The summed E-state index contributed by atoms with van der Waals surface area (Å²) in [5, 5.41) is 19.2. The molecule has 4 rings (SSSR count). The Kier molecular flexibility index (Phi) is 6.18. The lowest BCUT2D eigenvalue weighted by Crippen LogP contribution is -2.44. The molecule has 6 nitrogen and oxygen atoms in total. The molecule has 0 aromatic heterocycles. The zero-order valence-corrected chi connectivity index (χ0v) is 16.8. The Morgan fingerprint density at radius 3 is 2.55 bits per heavy atom. The molecule has 0 bridgehead atoms. The van der Waals surface area contributed by atoms with E-state index in [1.165, 1.54) is 0 Å². The van der Waals surface area contributed by atoms with Crippen LogP contribution in [0.4, 0.5) is 5.69 Å². The SMILES string of the molecule is C[C@H]1[C@@H](CN2CC[C@H](O)C2)O[C@@H](c2cccc(N)c2)O[C@H]1c1ccc(CO)cc1. The Morgan fingerprint density at radius 1 is 1.10 bits per heavy atom. The van der Waals surface area contributed by atoms with E-state index in [0.29, 0.717) is 12.2 Å².